The Labute approximate surface area is 79.6 Å². The van der Waals surface area contributed by atoms with Gasteiger partial charge in [-0.2, -0.15) is 0 Å². The van der Waals surface area contributed by atoms with Gasteiger partial charge in [-0.15, -0.1) is 0 Å². The molecule has 0 unspecified atom stereocenters. The Balaban J connectivity index is 3.33. The molecule has 1 rings (SSSR count). The highest BCUT2D eigenvalue weighted by Gasteiger charge is 2.02. The lowest BCUT2D eigenvalue weighted by atomic mass is 9.99. The molecule has 1 aromatic carbocycles. The Morgan fingerprint density at radius 3 is 2.00 bits per heavy atom. The summed E-state index contributed by atoms with van der Waals surface area (Å²) in [4.78, 5) is 0.982. The van der Waals surface area contributed by atoms with E-state index in [-0.39, 0.29) is 0 Å². The zero-order valence-electron chi connectivity index (χ0n) is 8.06. The topological polar surface area (TPSA) is 0 Å². The highest BCUT2D eigenvalue weighted by Crippen LogP contribution is 2.15. The Hall–Kier alpha value is -0.690. The molecule has 1 aromatic rings. The zero-order valence-corrected chi connectivity index (χ0v) is 8.88. The van der Waals surface area contributed by atoms with Crippen LogP contribution in [0.25, 0.3) is 0 Å². The first-order chi connectivity index (χ1) is 5.52. The molecule has 0 fully saturated rings. The van der Waals surface area contributed by atoms with Crippen molar-refractivity contribution < 1.29 is 0 Å². The molecule has 0 aliphatic carbocycles. The molecule has 1 heteroatoms. The molecule has 0 aliphatic rings. The molecule has 0 atom stereocenters. The van der Waals surface area contributed by atoms with E-state index in [9.17, 15) is 0 Å². The number of hydrogen-bond acceptors (Lipinski definition) is 1. The van der Waals surface area contributed by atoms with E-state index in [0.717, 1.165) is 4.86 Å². The van der Waals surface area contributed by atoms with E-state index in [2.05, 4.69) is 32.9 Å². The van der Waals surface area contributed by atoms with Crippen molar-refractivity contribution in [2.45, 2.75) is 27.7 Å². The van der Waals surface area contributed by atoms with Gasteiger partial charge in [0, 0.05) is 4.86 Å². The number of thiocarbonyl (C=S) groups is 1. The minimum Gasteiger partial charge on any atom is -0.0846 e. The Bertz CT molecular complexity index is 324. The van der Waals surface area contributed by atoms with Crippen molar-refractivity contribution in [1.29, 1.82) is 0 Å². The van der Waals surface area contributed by atoms with Gasteiger partial charge in [-0.05, 0) is 49.9 Å². The van der Waals surface area contributed by atoms with Gasteiger partial charge in [0.2, 0.25) is 0 Å². The van der Waals surface area contributed by atoms with Crippen LogP contribution in [0.1, 0.15) is 29.2 Å². The summed E-state index contributed by atoms with van der Waals surface area (Å²) in [5, 5.41) is 0. The molecule has 0 saturated heterocycles. The second-order valence-corrected chi connectivity index (χ2v) is 3.92. The quantitative estimate of drug-likeness (QED) is 0.469. The average Bonchev–Trinajstić information content (AvgIpc) is 1.96. The fourth-order valence-corrected chi connectivity index (χ4v) is 1.56. The Morgan fingerprint density at radius 1 is 1.00 bits per heavy atom. The Kier molecular flexibility index (Phi) is 2.63. The molecule has 0 bridgehead atoms. The lowest BCUT2D eigenvalue weighted by Gasteiger charge is -2.07. The van der Waals surface area contributed by atoms with E-state index >= 15 is 0 Å². The summed E-state index contributed by atoms with van der Waals surface area (Å²) in [6.45, 7) is 8.34. The van der Waals surface area contributed by atoms with Crippen LogP contribution in [0.4, 0.5) is 0 Å². The highest BCUT2D eigenvalue weighted by molar-refractivity contribution is 7.80. The van der Waals surface area contributed by atoms with E-state index in [1.54, 1.807) is 0 Å². The molecule has 0 nitrogen and oxygen atoms in total. The minimum absolute atomic E-state index is 0.982. The second-order valence-electron chi connectivity index (χ2n) is 3.31. The predicted octanol–water partition coefficient (Wildman–Crippen LogP) is 3.35. The van der Waals surface area contributed by atoms with Crippen LogP contribution < -0.4 is 0 Å². The SMILES string of the molecule is CC(=S)c1cc(C)c(C)cc1C. The average molecular weight is 178 g/mol. The highest BCUT2D eigenvalue weighted by atomic mass is 32.1. The van der Waals surface area contributed by atoms with Crippen molar-refractivity contribution in [1.82, 2.24) is 0 Å². The first-order valence-corrected chi connectivity index (χ1v) is 4.52. The monoisotopic (exact) mass is 178 g/mol. The molecule has 64 valence electrons. The molecule has 0 amide bonds. The number of aryl methyl sites for hydroxylation is 3. The lowest BCUT2D eigenvalue weighted by Crippen LogP contribution is -1.96. The standard InChI is InChI=1S/C11H14S/c1-7-5-9(3)11(10(4)12)6-8(7)2/h5-6H,1-4H3. The van der Waals surface area contributed by atoms with Crippen molar-refractivity contribution in [2.75, 3.05) is 0 Å². The van der Waals surface area contributed by atoms with Gasteiger partial charge in [-0.3, -0.25) is 0 Å². The molecule has 0 aromatic heterocycles. The summed E-state index contributed by atoms with van der Waals surface area (Å²) in [6.07, 6.45) is 0. The number of hydrogen-bond donors (Lipinski definition) is 0. The summed E-state index contributed by atoms with van der Waals surface area (Å²) in [5.41, 5.74) is 5.16. The van der Waals surface area contributed by atoms with Crippen LogP contribution in [0.5, 0.6) is 0 Å². The molecular formula is C11H14S. The van der Waals surface area contributed by atoms with Gasteiger partial charge < -0.3 is 0 Å². The van der Waals surface area contributed by atoms with Gasteiger partial charge in [-0.1, -0.05) is 24.4 Å². The first-order valence-electron chi connectivity index (χ1n) is 4.11. The van der Waals surface area contributed by atoms with E-state index in [0.29, 0.717) is 0 Å². The first kappa shape index (κ1) is 9.40. The summed E-state index contributed by atoms with van der Waals surface area (Å²) >= 11 is 5.15. The zero-order chi connectivity index (χ0) is 9.30. The number of benzene rings is 1. The van der Waals surface area contributed by atoms with Crippen LogP contribution in [0.15, 0.2) is 12.1 Å². The van der Waals surface area contributed by atoms with Gasteiger partial charge >= 0.3 is 0 Å². The van der Waals surface area contributed by atoms with Gasteiger partial charge in [0.25, 0.3) is 0 Å². The van der Waals surface area contributed by atoms with Gasteiger partial charge in [0.05, 0.1) is 0 Å². The van der Waals surface area contributed by atoms with Crippen LogP contribution in [0.3, 0.4) is 0 Å². The maximum atomic E-state index is 5.15. The summed E-state index contributed by atoms with van der Waals surface area (Å²) < 4.78 is 0. The fraction of sp³-hybridized carbons (Fsp3) is 0.364. The van der Waals surface area contributed by atoms with Crippen molar-refractivity contribution in [2.24, 2.45) is 0 Å². The summed E-state index contributed by atoms with van der Waals surface area (Å²) in [7, 11) is 0. The molecule has 0 spiro atoms. The van der Waals surface area contributed by atoms with Crippen LogP contribution in [0, 0.1) is 20.8 Å². The van der Waals surface area contributed by atoms with E-state index in [1.807, 2.05) is 6.92 Å². The predicted molar refractivity (Wildman–Crippen MR) is 58.0 cm³/mol. The molecule has 0 heterocycles. The van der Waals surface area contributed by atoms with Crippen LogP contribution >= 0.6 is 12.2 Å². The summed E-state index contributed by atoms with van der Waals surface area (Å²) in [5.74, 6) is 0. The van der Waals surface area contributed by atoms with Crippen molar-refractivity contribution in [3.8, 4) is 0 Å². The normalized spacial score (nSPS) is 10.0. The molecule has 0 saturated carbocycles. The van der Waals surface area contributed by atoms with Crippen molar-refractivity contribution >= 4 is 17.1 Å². The molecular weight excluding hydrogens is 164 g/mol. The maximum Gasteiger partial charge on any atom is 0.0196 e. The van der Waals surface area contributed by atoms with Crippen molar-refractivity contribution in [3.63, 3.8) is 0 Å². The smallest absolute Gasteiger partial charge is 0.0196 e. The van der Waals surface area contributed by atoms with Gasteiger partial charge in [0.15, 0.2) is 0 Å². The van der Waals surface area contributed by atoms with E-state index in [1.165, 1.54) is 22.3 Å². The minimum atomic E-state index is 0.982. The molecule has 12 heavy (non-hydrogen) atoms. The van der Waals surface area contributed by atoms with E-state index < -0.39 is 0 Å². The Morgan fingerprint density at radius 2 is 1.50 bits per heavy atom. The third-order valence-electron chi connectivity index (χ3n) is 2.22. The molecule has 0 aliphatic heterocycles. The summed E-state index contributed by atoms with van der Waals surface area (Å²) in [6, 6.07) is 4.37. The third-order valence-corrected chi connectivity index (χ3v) is 2.44. The molecule has 0 radical (unpaired) electrons. The second kappa shape index (κ2) is 3.36. The van der Waals surface area contributed by atoms with Crippen LogP contribution in [-0.4, -0.2) is 4.86 Å². The largest absolute Gasteiger partial charge is 0.0846 e. The third kappa shape index (κ3) is 1.72. The van der Waals surface area contributed by atoms with Crippen LogP contribution in [-0.2, 0) is 0 Å². The van der Waals surface area contributed by atoms with Gasteiger partial charge in [0.1, 0.15) is 0 Å². The fourth-order valence-electron chi connectivity index (χ4n) is 1.34. The molecule has 0 N–H and O–H groups in total. The lowest BCUT2D eigenvalue weighted by molar-refractivity contribution is 1.29. The number of rotatable bonds is 1. The maximum absolute atomic E-state index is 5.15. The van der Waals surface area contributed by atoms with Crippen molar-refractivity contribution in [3.05, 3.63) is 34.4 Å². The van der Waals surface area contributed by atoms with Gasteiger partial charge in [-0.25, -0.2) is 0 Å². The van der Waals surface area contributed by atoms with E-state index in [4.69, 9.17) is 12.2 Å². The van der Waals surface area contributed by atoms with Crippen LogP contribution in [0.2, 0.25) is 0 Å².